The van der Waals surface area contributed by atoms with Crippen molar-refractivity contribution in [3.8, 4) is 17.2 Å². The Morgan fingerprint density at radius 3 is 2.32 bits per heavy atom. The summed E-state index contributed by atoms with van der Waals surface area (Å²) >= 11 is 0. The Bertz CT molecular complexity index is 1050. The van der Waals surface area contributed by atoms with Crippen LogP contribution in [0, 0.1) is 0 Å². The van der Waals surface area contributed by atoms with Gasteiger partial charge >= 0.3 is 5.97 Å². The maximum atomic E-state index is 12.1. The maximum absolute atomic E-state index is 12.1. The third-order valence-electron chi connectivity index (χ3n) is 4.36. The minimum atomic E-state index is -0.515. The molecule has 0 fully saturated rings. The number of benzene rings is 2. The monoisotopic (exact) mass is 421 g/mol. The summed E-state index contributed by atoms with van der Waals surface area (Å²) in [6.07, 6.45) is 4.71. The van der Waals surface area contributed by atoms with E-state index in [1.807, 2.05) is 30.3 Å². The van der Waals surface area contributed by atoms with Crippen molar-refractivity contribution < 1.29 is 28.8 Å². The van der Waals surface area contributed by atoms with Crippen molar-refractivity contribution in [1.82, 2.24) is 4.98 Å². The van der Waals surface area contributed by atoms with Gasteiger partial charge in [0.05, 0.1) is 20.5 Å². The van der Waals surface area contributed by atoms with Crippen molar-refractivity contribution in [2.45, 2.75) is 13.2 Å². The molecule has 7 nitrogen and oxygen atoms in total. The third-order valence-corrected chi connectivity index (χ3v) is 4.36. The average Bonchev–Trinajstić information content (AvgIpc) is 2.80. The van der Waals surface area contributed by atoms with Crippen LogP contribution in [0.5, 0.6) is 17.2 Å². The Hall–Kier alpha value is -4.00. The molecule has 0 unspecified atom stereocenters. The largest absolute Gasteiger partial charge is 0.508 e. The lowest BCUT2D eigenvalue weighted by Crippen LogP contribution is -2.08. The number of methoxy groups -OCH3 is 2. The Labute approximate surface area is 180 Å². The number of esters is 1. The van der Waals surface area contributed by atoms with E-state index < -0.39 is 5.97 Å². The number of carbonyl (C=O) groups excluding carboxylic acids is 1. The van der Waals surface area contributed by atoms with Crippen molar-refractivity contribution in [3.63, 3.8) is 0 Å². The molecule has 2 aromatic carbocycles. The average molecular weight is 421 g/mol. The van der Waals surface area contributed by atoms with Crippen LogP contribution in [0.4, 0.5) is 0 Å². The van der Waals surface area contributed by atoms with Gasteiger partial charge in [-0.1, -0.05) is 24.3 Å². The predicted molar refractivity (Wildman–Crippen MR) is 114 cm³/mol. The molecule has 0 aliphatic carbocycles. The number of phenols is 1. The Balaban J connectivity index is 1.75. The van der Waals surface area contributed by atoms with Crippen LogP contribution in [0.1, 0.15) is 16.7 Å². The molecule has 3 rings (SSSR count). The van der Waals surface area contributed by atoms with E-state index in [1.54, 1.807) is 24.5 Å². The first-order chi connectivity index (χ1) is 15.1. The van der Waals surface area contributed by atoms with Gasteiger partial charge in [-0.15, -0.1) is 0 Å². The standard InChI is InChI=1S/C24H23NO6/c1-28-16-23(24(27)29-2)22-6-4-3-5-18(22)15-31-21-12-19(26)11-20(13-21)30-14-17-7-9-25-10-8-17/h3-13,16,26H,14-15H2,1-2H3. The number of hydrogen-bond acceptors (Lipinski definition) is 7. The Kier molecular flexibility index (Phi) is 7.48. The Morgan fingerprint density at radius 1 is 0.968 bits per heavy atom. The zero-order chi connectivity index (χ0) is 22.1. The Morgan fingerprint density at radius 2 is 1.65 bits per heavy atom. The zero-order valence-corrected chi connectivity index (χ0v) is 17.3. The number of carbonyl (C=O) groups is 1. The molecule has 0 amide bonds. The molecule has 0 saturated carbocycles. The summed E-state index contributed by atoms with van der Waals surface area (Å²) in [4.78, 5) is 16.1. The first-order valence-corrected chi connectivity index (χ1v) is 9.49. The van der Waals surface area contributed by atoms with Crippen molar-refractivity contribution in [2.24, 2.45) is 0 Å². The number of pyridine rings is 1. The highest BCUT2D eigenvalue weighted by molar-refractivity contribution is 6.16. The van der Waals surface area contributed by atoms with Gasteiger partial charge in [-0.3, -0.25) is 4.98 Å². The summed E-state index contributed by atoms with van der Waals surface area (Å²) in [5, 5.41) is 10.0. The number of hydrogen-bond donors (Lipinski definition) is 1. The van der Waals surface area contributed by atoms with Crippen molar-refractivity contribution in [2.75, 3.05) is 14.2 Å². The van der Waals surface area contributed by atoms with E-state index in [-0.39, 0.29) is 17.9 Å². The van der Waals surface area contributed by atoms with E-state index in [0.29, 0.717) is 23.7 Å². The highest BCUT2D eigenvalue weighted by Crippen LogP contribution is 2.29. The first kappa shape index (κ1) is 21.7. The quantitative estimate of drug-likeness (QED) is 0.316. The molecule has 1 heterocycles. The number of aromatic nitrogens is 1. The molecule has 1 aromatic heterocycles. The van der Waals surface area contributed by atoms with Gasteiger partial charge in [-0.25, -0.2) is 4.79 Å². The maximum Gasteiger partial charge on any atom is 0.341 e. The molecule has 0 bridgehead atoms. The molecular formula is C24H23NO6. The second-order valence-electron chi connectivity index (χ2n) is 6.51. The molecule has 160 valence electrons. The minimum Gasteiger partial charge on any atom is -0.508 e. The predicted octanol–water partition coefficient (Wildman–Crippen LogP) is 4.11. The number of aromatic hydroxyl groups is 1. The number of rotatable bonds is 9. The van der Waals surface area contributed by atoms with Crippen LogP contribution in [0.2, 0.25) is 0 Å². The van der Waals surface area contributed by atoms with Gasteiger partial charge in [0.25, 0.3) is 0 Å². The van der Waals surface area contributed by atoms with Gasteiger partial charge < -0.3 is 24.1 Å². The third kappa shape index (κ3) is 5.99. The second-order valence-corrected chi connectivity index (χ2v) is 6.51. The second kappa shape index (κ2) is 10.7. The van der Waals surface area contributed by atoms with Crippen LogP contribution in [0.3, 0.4) is 0 Å². The summed E-state index contributed by atoms with van der Waals surface area (Å²) in [5.41, 5.74) is 2.61. The lowest BCUT2D eigenvalue weighted by atomic mass is 10.0. The summed E-state index contributed by atoms with van der Waals surface area (Å²) in [7, 11) is 2.77. The zero-order valence-electron chi connectivity index (χ0n) is 17.3. The summed E-state index contributed by atoms with van der Waals surface area (Å²) in [6.45, 7) is 0.486. The number of ether oxygens (including phenoxy) is 4. The van der Waals surface area contributed by atoms with Gasteiger partial charge in [0.2, 0.25) is 0 Å². The number of phenolic OH excluding ortho intramolecular Hbond substituents is 1. The summed E-state index contributed by atoms with van der Waals surface area (Å²) < 4.78 is 21.5. The fraction of sp³-hybridized carbons (Fsp3) is 0.167. The normalized spacial score (nSPS) is 11.0. The molecule has 0 spiro atoms. The highest BCUT2D eigenvalue weighted by Gasteiger charge is 2.17. The fourth-order valence-corrected chi connectivity index (χ4v) is 2.89. The van der Waals surface area contributed by atoms with E-state index in [9.17, 15) is 9.90 Å². The molecule has 0 aliphatic rings. The van der Waals surface area contributed by atoms with Gasteiger partial charge in [-0.2, -0.15) is 0 Å². The van der Waals surface area contributed by atoms with E-state index in [0.717, 1.165) is 11.1 Å². The van der Waals surface area contributed by atoms with Gasteiger partial charge in [-0.05, 0) is 28.8 Å². The fourth-order valence-electron chi connectivity index (χ4n) is 2.89. The molecule has 7 heteroatoms. The molecule has 0 saturated heterocycles. The van der Waals surface area contributed by atoms with Crippen molar-refractivity contribution in [3.05, 3.63) is 89.9 Å². The van der Waals surface area contributed by atoms with E-state index in [1.165, 1.54) is 32.6 Å². The van der Waals surface area contributed by atoms with Gasteiger partial charge in [0.15, 0.2) is 0 Å². The number of nitrogens with zero attached hydrogens (tertiary/aromatic N) is 1. The van der Waals surface area contributed by atoms with Crippen molar-refractivity contribution >= 4 is 11.5 Å². The van der Waals surface area contributed by atoms with E-state index in [2.05, 4.69) is 4.98 Å². The molecule has 0 aliphatic heterocycles. The van der Waals surface area contributed by atoms with Gasteiger partial charge in [0, 0.05) is 30.6 Å². The molecule has 31 heavy (non-hydrogen) atoms. The summed E-state index contributed by atoms with van der Waals surface area (Å²) in [6, 6.07) is 15.7. The van der Waals surface area contributed by atoms with Crippen LogP contribution in [0.25, 0.3) is 5.57 Å². The van der Waals surface area contributed by atoms with Crippen LogP contribution < -0.4 is 9.47 Å². The van der Waals surface area contributed by atoms with Crippen LogP contribution in [0.15, 0.2) is 73.3 Å². The lowest BCUT2D eigenvalue weighted by Gasteiger charge is -2.14. The lowest BCUT2D eigenvalue weighted by molar-refractivity contribution is -0.133. The van der Waals surface area contributed by atoms with Crippen molar-refractivity contribution in [1.29, 1.82) is 0 Å². The molecular weight excluding hydrogens is 398 g/mol. The highest BCUT2D eigenvalue weighted by atomic mass is 16.5. The first-order valence-electron chi connectivity index (χ1n) is 9.49. The SMILES string of the molecule is COC=C(C(=O)OC)c1ccccc1COc1cc(O)cc(OCc2ccncc2)c1. The molecule has 3 aromatic rings. The van der Waals surface area contributed by atoms with E-state index in [4.69, 9.17) is 18.9 Å². The minimum absolute atomic E-state index is 0.0186. The smallest absolute Gasteiger partial charge is 0.341 e. The van der Waals surface area contributed by atoms with E-state index >= 15 is 0 Å². The molecule has 0 radical (unpaired) electrons. The van der Waals surface area contributed by atoms with Crippen LogP contribution in [-0.4, -0.2) is 30.3 Å². The van der Waals surface area contributed by atoms with Crippen LogP contribution in [-0.2, 0) is 27.5 Å². The summed E-state index contributed by atoms with van der Waals surface area (Å²) in [5.74, 6) is 0.396. The van der Waals surface area contributed by atoms with Gasteiger partial charge in [0.1, 0.15) is 36.0 Å². The molecule has 1 N–H and O–H groups in total. The topological polar surface area (TPSA) is 87.1 Å². The van der Waals surface area contributed by atoms with Crippen LogP contribution >= 0.6 is 0 Å². The molecule has 0 atom stereocenters.